The third kappa shape index (κ3) is 6.55. The fraction of sp³-hybridized carbons (Fsp3) is 0.600. The molecule has 0 radical (unpaired) electrons. The number of piperidine rings is 1. The predicted molar refractivity (Wildman–Crippen MR) is 139 cm³/mol. The van der Waals surface area contributed by atoms with Crippen LogP contribution in [-0.4, -0.2) is 92.1 Å². The summed E-state index contributed by atoms with van der Waals surface area (Å²) in [5.74, 6) is -0.181. The Kier molecular flexibility index (Phi) is 10.2. The molecule has 2 fully saturated rings. The maximum absolute atomic E-state index is 13.7. The number of rotatable bonds is 11. The van der Waals surface area contributed by atoms with E-state index in [1.807, 2.05) is 24.3 Å². The highest BCUT2D eigenvalue weighted by Gasteiger charge is 2.55. The van der Waals surface area contributed by atoms with E-state index in [1.165, 1.54) is 9.21 Å². The van der Waals surface area contributed by atoms with Crippen LogP contribution >= 0.6 is 0 Å². The standard InChI is InChI=1S/C25H38N4O7S/c1-3-5-19-35-22-9-7-21(8-10-22)27-15-17-29(18-16-27)37(33,34)25(23(30)26-32)11-13-28(14-12-25)24(31)36-20-6-4-2/h4,7-10,32H,2-3,5-6,11-20H2,1H3,(H,26,30). The van der Waals surface area contributed by atoms with Crippen LogP contribution in [0.2, 0.25) is 0 Å². The number of piperazine rings is 1. The average molecular weight is 539 g/mol. The van der Waals surface area contributed by atoms with E-state index in [2.05, 4.69) is 18.4 Å². The lowest BCUT2D eigenvalue weighted by atomic mass is 9.95. The summed E-state index contributed by atoms with van der Waals surface area (Å²) in [6, 6.07) is 7.72. The molecule has 11 nitrogen and oxygen atoms in total. The Balaban J connectivity index is 1.63. The number of unbranched alkanes of at least 4 members (excludes halogenated alkanes) is 1. The zero-order valence-electron chi connectivity index (χ0n) is 21.4. The van der Waals surface area contributed by atoms with Crippen LogP contribution in [0.3, 0.4) is 0 Å². The van der Waals surface area contributed by atoms with E-state index < -0.39 is 26.8 Å². The molecule has 206 valence electrons. The maximum Gasteiger partial charge on any atom is 0.409 e. The molecule has 2 aliphatic heterocycles. The zero-order chi connectivity index (χ0) is 26.9. The number of sulfonamides is 1. The van der Waals surface area contributed by atoms with Gasteiger partial charge in [-0.15, -0.1) is 6.58 Å². The van der Waals surface area contributed by atoms with E-state index in [4.69, 9.17) is 9.47 Å². The molecular weight excluding hydrogens is 500 g/mol. The van der Waals surface area contributed by atoms with Gasteiger partial charge in [0.15, 0.2) is 4.75 Å². The molecule has 0 unspecified atom stereocenters. The molecule has 0 saturated carbocycles. The number of hydrogen-bond acceptors (Lipinski definition) is 8. The number of nitrogens with one attached hydrogen (secondary N) is 1. The van der Waals surface area contributed by atoms with Crippen molar-refractivity contribution in [1.82, 2.24) is 14.7 Å². The molecule has 2 amide bonds. The highest BCUT2D eigenvalue weighted by Crippen LogP contribution is 2.35. The van der Waals surface area contributed by atoms with Crippen LogP contribution in [0.1, 0.15) is 39.0 Å². The first kappa shape index (κ1) is 28.7. The molecule has 12 heteroatoms. The summed E-state index contributed by atoms with van der Waals surface area (Å²) in [5, 5.41) is 9.40. The van der Waals surface area contributed by atoms with Gasteiger partial charge in [-0.2, -0.15) is 4.31 Å². The molecule has 0 atom stereocenters. The van der Waals surface area contributed by atoms with Gasteiger partial charge in [0.25, 0.3) is 5.91 Å². The zero-order valence-corrected chi connectivity index (χ0v) is 22.2. The Bertz CT molecular complexity index is 1020. The summed E-state index contributed by atoms with van der Waals surface area (Å²) >= 11 is 0. The second-order valence-electron chi connectivity index (χ2n) is 9.20. The summed E-state index contributed by atoms with van der Waals surface area (Å²) < 4.78 is 37.8. The van der Waals surface area contributed by atoms with E-state index in [1.54, 1.807) is 11.6 Å². The van der Waals surface area contributed by atoms with Gasteiger partial charge in [-0.05, 0) is 49.9 Å². The topological polar surface area (TPSA) is 129 Å². The smallest absolute Gasteiger partial charge is 0.409 e. The number of hydrogen-bond donors (Lipinski definition) is 2. The molecule has 0 bridgehead atoms. The van der Waals surface area contributed by atoms with E-state index >= 15 is 0 Å². The van der Waals surface area contributed by atoms with Gasteiger partial charge in [0.05, 0.1) is 13.2 Å². The van der Waals surface area contributed by atoms with Crippen LogP contribution in [0.5, 0.6) is 5.75 Å². The number of hydroxylamine groups is 1. The number of amides is 2. The number of carbonyl (C=O) groups is 2. The van der Waals surface area contributed by atoms with Crippen molar-refractivity contribution in [2.75, 3.05) is 57.4 Å². The maximum atomic E-state index is 13.7. The molecule has 0 spiro atoms. The second kappa shape index (κ2) is 13.1. The highest BCUT2D eigenvalue weighted by atomic mass is 32.2. The minimum atomic E-state index is -4.13. The molecule has 1 aromatic carbocycles. The third-order valence-corrected chi connectivity index (χ3v) is 9.56. The van der Waals surface area contributed by atoms with E-state index in [0.29, 0.717) is 26.1 Å². The second-order valence-corrected chi connectivity index (χ2v) is 11.4. The van der Waals surface area contributed by atoms with Gasteiger partial charge < -0.3 is 19.3 Å². The Morgan fingerprint density at radius 2 is 1.73 bits per heavy atom. The number of nitrogens with zero attached hydrogens (tertiary/aromatic N) is 3. The van der Waals surface area contributed by atoms with Gasteiger partial charge >= 0.3 is 6.09 Å². The Morgan fingerprint density at radius 1 is 1.08 bits per heavy atom. The van der Waals surface area contributed by atoms with Gasteiger partial charge in [0.2, 0.25) is 10.0 Å². The minimum Gasteiger partial charge on any atom is -0.494 e. The van der Waals surface area contributed by atoms with Gasteiger partial charge in [-0.1, -0.05) is 19.4 Å². The molecule has 1 aromatic rings. The quantitative estimate of drug-likeness (QED) is 0.190. The summed E-state index contributed by atoms with van der Waals surface area (Å²) in [5.41, 5.74) is 2.52. The van der Waals surface area contributed by atoms with Crippen LogP contribution < -0.4 is 15.1 Å². The SMILES string of the molecule is C=CCCOC(=O)N1CCC(C(=O)NO)(S(=O)(=O)N2CCN(c3ccc(OCCCC)cc3)CC2)CC1. The molecule has 0 aliphatic carbocycles. The lowest BCUT2D eigenvalue weighted by Crippen LogP contribution is -2.64. The molecule has 0 aromatic heterocycles. The number of anilines is 1. The lowest BCUT2D eigenvalue weighted by Gasteiger charge is -2.43. The van der Waals surface area contributed by atoms with Gasteiger partial charge in [-0.25, -0.2) is 18.7 Å². The van der Waals surface area contributed by atoms with Gasteiger partial charge in [0, 0.05) is 45.0 Å². The molecular formula is C25H38N4O7S. The van der Waals surface area contributed by atoms with Crippen molar-refractivity contribution < 1.29 is 32.7 Å². The third-order valence-electron chi connectivity index (χ3n) is 6.93. The Hall–Kier alpha value is -2.83. The van der Waals surface area contributed by atoms with Crippen LogP contribution in [-0.2, 0) is 19.6 Å². The first-order chi connectivity index (χ1) is 17.8. The van der Waals surface area contributed by atoms with Crippen molar-refractivity contribution in [3.8, 4) is 5.75 Å². The molecule has 2 aliphatic rings. The summed E-state index contributed by atoms with van der Waals surface area (Å²) in [6.45, 7) is 7.87. The number of carbonyl (C=O) groups excluding carboxylic acids is 2. The average Bonchev–Trinajstić information content (AvgIpc) is 2.93. The number of ether oxygens (including phenoxy) is 2. The van der Waals surface area contributed by atoms with Crippen molar-refractivity contribution >= 4 is 27.7 Å². The van der Waals surface area contributed by atoms with Crippen LogP contribution in [0.25, 0.3) is 0 Å². The fourth-order valence-electron chi connectivity index (χ4n) is 4.60. The van der Waals surface area contributed by atoms with Crippen LogP contribution in [0.15, 0.2) is 36.9 Å². The summed E-state index contributed by atoms with van der Waals surface area (Å²) in [4.78, 5) is 28.5. The van der Waals surface area contributed by atoms with Crippen molar-refractivity contribution in [3.63, 3.8) is 0 Å². The molecule has 3 rings (SSSR count). The van der Waals surface area contributed by atoms with Crippen molar-refractivity contribution in [3.05, 3.63) is 36.9 Å². The summed E-state index contributed by atoms with van der Waals surface area (Å²) in [6.07, 6.45) is 3.35. The normalized spacial score (nSPS) is 18.2. The predicted octanol–water partition coefficient (Wildman–Crippen LogP) is 2.37. The van der Waals surface area contributed by atoms with Crippen molar-refractivity contribution in [2.45, 2.75) is 43.8 Å². The number of benzene rings is 1. The minimum absolute atomic E-state index is 0.0201. The Morgan fingerprint density at radius 3 is 2.30 bits per heavy atom. The Labute approximate surface area is 219 Å². The van der Waals surface area contributed by atoms with E-state index in [-0.39, 0.29) is 45.6 Å². The lowest BCUT2D eigenvalue weighted by molar-refractivity contribution is -0.133. The van der Waals surface area contributed by atoms with Crippen molar-refractivity contribution in [1.29, 1.82) is 0 Å². The molecule has 2 saturated heterocycles. The summed E-state index contributed by atoms with van der Waals surface area (Å²) in [7, 11) is -4.13. The molecule has 2 N–H and O–H groups in total. The van der Waals surface area contributed by atoms with Crippen LogP contribution in [0, 0.1) is 0 Å². The van der Waals surface area contributed by atoms with Crippen molar-refractivity contribution in [2.24, 2.45) is 0 Å². The van der Waals surface area contributed by atoms with Crippen LogP contribution in [0.4, 0.5) is 10.5 Å². The largest absolute Gasteiger partial charge is 0.494 e. The molecule has 37 heavy (non-hydrogen) atoms. The van der Waals surface area contributed by atoms with E-state index in [0.717, 1.165) is 24.3 Å². The monoisotopic (exact) mass is 538 g/mol. The van der Waals surface area contributed by atoms with Gasteiger partial charge in [0.1, 0.15) is 5.75 Å². The fourth-order valence-corrected chi connectivity index (χ4v) is 6.71. The highest BCUT2D eigenvalue weighted by molar-refractivity contribution is 7.91. The number of likely N-dealkylation sites (tertiary alicyclic amines) is 1. The first-order valence-corrected chi connectivity index (χ1v) is 14.2. The molecule has 2 heterocycles. The first-order valence-electron chi connectivity index (χ1n) is 12.7. The van der Waals surface area contributed by atoms with E-state index in [9.17, 15) is 23.2 Å². The van der Waals surface area contributed by atoms with Gasteiger partial charge in [-0.3, -0.25) is 10.0 Å².